The molecule has 0 unspecified atom stereocenters. The van der Waals surface area contributed by atoms with E-state index in [2.05, 4.69) is 20.7 Å². The summed E-state index contributed by atoms with van der Waals surface area (Å²) in [6.07, 6.45) is 1.17. The zero-order chi connectivity index (χ0) is 18.0. The van der Waals surface area contributed by atoms with Crippen LogP contribution in [0.5, 0.6) is 0 Å². The van der Waals surface area contributed by atoms with Crippen LogP contribution in [-0.2, 0) is 24.6 Å². The lowest BCUT2D eigenvalue weighted by Gasteiger charge is -2.32. The third-order valence-electron chi connectivity index (χ3n) is 4.21. The van der Waals surface area contributed by atoms with Crippen molar-refractivity contribution in [3.05, 3.63) is 47.5 Å². The van der Waals surface area contributed by atoms with Gasteiger partial charge in [-0.1, -0.05) is 0 Å². The summed E-state index contributed by atoms with van der Waals surface area (Å²) in [5.41, 5.74) is 0.00206. The summed E-state index contributed by atoms with van der Waals surface area (Å²) in [5.74, 6) is -0.0827. The summed E-state index contributed by atoms with van der Waals surface area (Å²) in [6, 6.07) is 1.75. The number of halogens is 3. The molecule has 0 aromatic carbocycles. The Hall–Kier alpha value is -2.42. The molecule has 9 heteroatoms. The molecule has 2 aromatic rings. The van der Waals surface area contributed by atoms with E-state index in [9.17, 15) is 18.0 Å². The molecule has 0 spiro atoms. The first-order valence-corrected chi connectivity index (χ1v) is 7.87. The largest absolute Gasteiger partial charge is 0.418 e. The SMILES string of the molecule is Cn1cc([C@@H]2NC(=O)CC[C@H]2NCc2ncccc2C(F)(F)F)cn1. The van der Waals surface area contributed by atoms with Crippen LogP contribution in [0.25, 0.3) is 0 Å². The van der Waals surface area contributed by atoms with Gasteiger partial charge in [-0.3, -0.25) is 14.5 Å². The van der Waals surface area contributed by atoms with Crippen molar-refractivity contribution in [1.82, 2.24) is 25.4 Å². The summed E-state index contributed by atoms with van der Waals surface area (Å²) < 4.78 is 40.8. The van der Waals surface area contributed by atoms with Crippen molar-refractivity contribution in [1.29, 1.82) is 0 Å². The fourth-order valence-electron chi connectivity index (χ4n) is 3.00. The highest BCUT2D eigenvalue weighted by atomic mass is 19.4. The van der Waals surface area contributed by atoms with E-state index in [0.29, 0.717) is 12.8 Å². The quantitative estimate of drug-likeness (QED) is 0.881. The number of nitrogens with one attached hydrogen (secondary N) is 2. The molecule has 6 nitrogen and oxygen atoms in total. The second-order valence-electron chi connectivity index (χ2n) is 6.01. The number of carbonyl (C=O) groups is 1. The molecular weight excluding hydrogens is 335 g/mol. The summed E-state index contributed by atoms with van der Waals surface area (Å²) >= 11 is 0. The van der Waals surface area contributed by atoms with Gasteiger partial charge in [0, 0.05) is 44.0 Å². The maximum Gasteiger partial charge on any atom is 0.418 e. The fourth-order valence-corrected chi connectivity index (χ4v) is 3.00. The number of nitrogens with zero attached hydrogens (tertiary/aromatic N) is 3. The van der Waals surface area contributed by atoms with E-state index < -0.39 is 11.7 Å². The molecule has 2 aromatic heterocycles. The Balaban J connectivity index is 1.76. The average molecular weight is 353 g/mol. The van der Waals surface area contributed by atoms with Crippen LogP contribution in [0.15, 0.2) is 30.7 Å². The van der Waals surface area contributed by atoms with Crippen molar-refractivity contribution >= 4 is 5.91 Å². The Labute approximate surface area is 142 Å². The number of carbonyl (C=O) groups excluding carboxylic acids is 1. The molecule has 134 valence electrons. The van der Waals surface area contributed by atoms with Gasteiger partial charge in [0.2, 0.25) is 5.91 Å². The standard InChI is InChI=1S/C16H18F3N5O/c1-24-9-10(7-22-24)15-12(4-5-14(25)23-15)21-8-13-11(16(17,18)19)3-2-6-20-13/h2-3,6-7,9,12,15,21H,4-5,8H2,1H3,(H,23,25)/t12-,15+/m1/s1. The molecule has 2 atom stereocenters. The number of hydrogen-bond acceptors (Lipinski definition) is 4. The molecule has 1 aliphatic heterocycles. The van der Waals surface area contributed by atoms with Gasteiger partial charge in [0.05, 0.1) is 23.5 Å². The van der Waals surface area contributed by atoms with Gasteiger partial charge in [-0.2, -0.15) is 18.3 Å². The van der Waals surface area contributed by atoms with E-state index in [1.807, 2.05) is 0 Å². The first-order chi connectivity index (χ1) is 11.8. The molecule has 0 radical (unpaired) electrons. The summed E-state index contributed by atoms with van der Waals surface area (Å²) in [6.45, 7) is -0.0347. The monoisotopic (exact) mass is 353 g/mol. The molecule has 0 bridgehead atoms. The zero-order valence-electron chi connectivity index (χ0n) is 13.5. The van der Waals surface area contributed by atoms with Crippen LogP contribution < -0.4 is 10.6 Å². The van der Waals surface area contributed by atoms with Crippen LogP contribution in [0.1, 0.15) is 35.7 Å². The lowest BCUT2D eigenvalue weighted by Crippen LogP contribution is -2.48. The maximum absolute atomic E-state index is 13.1. The highest BCUT2D eigenvalue weighted by molar-refractivity contribution is 5.77. The van der Waals surface area contributed by atoms with Gasteiger partial charge < -0.3 is 10.6 Å². The van der Waals surface area contributed by atoms with Gasteiger partial charge in [0.15, 0.2) is 0 Å². The molecule has 0 saturated carbocycles. The maximum atomic E-state index is 13.1. The molecule has 3 rings (SSSR count). The van der Waals surface area contributed by atoms with Crippen molar-refractivity contribution in [2.24, 2.45) is 7.05 Å². The van der Waals surface area contributed by atoms with Gasteiger partial charge in [-0.05, 0) is 18.6 Å². The molecule has 1 saturated heterocycles. The Kier molecular flexibility index (Phi) is 4.76. The van der Waals surface area contributed by atoms with Crippen LogP contribution in [0.3, 0.4) is 0 Å². The van der Waals surface area contributed by atoms with Gasteiger partial charge >= 0.3 is 6.18 Å². The van der Waals surface area contributed by atoms with E-state index >= 15 is 0 Å². The molecule has 1 amide bonds. The van der Waals surface area contributed by atoms with Gasteiger partial charge in [0.25, 0.3) is 0 Å². The molecule has 1 fully saturated rings. The minimum Gasteiger partial charge on any atom is -0.348 e. The molecule has 3 heterocycles. The molecular formula is C16H18F3N5O. The molecule has 0 aliphatic carbocycles. The minimum absolute atomic E-state index is 0.0347. The second kappa shape index (κ2) is 6.83. The fraction of sp³-hybridized carbons (Fsp3) is 0.438. The number of hydrogen-bond donors (Lipinski definition) is 2. The van der Waals surface area contributed by atoms with E-state index in [0.717, 1.165) is 11.6 Å². The average Bonchev–Trinajstić information content (AvgIpc) is 2.99. The van der Waals surface area contributed by atoms with Crippen molar-refractivity contribution in [3.8, 4) is 0 Å². The number of piperidine rings is 1. The first kappa shape index (κ1) is 17.4. The summed E-state index contributed by atoms with van der Waals surface area (Å²) in [5, 5.41) is 10.1. The normalized spacial score (nSPS) is 21.2. The van der Waals surface area contributed by atoms with Crippen LogP contribution in [0, 0.1) is 0 Å². The number of aromatic nitrogens is 3. The lowest BCUT2D eigenvalue weighted by molar-refractivity contribution is -0.138. The van der Waals surface area contributed by atoms with Crippen molar-refractivity contribution < 1.29 is 18.0 Å². The Bertz CT molecular complexity index is 758. The Morgan fingerprint density at radius 3 is 2.92 bits per heavy atom. The van der Waals surface area contributed by atoms with Crippen LogP contribution >= 0.6 is 0 Å². The number of rotatable bonds is 4. The van der Waals surface area contributed by atoms with E-state index in [1.54, 1.807) is 24.1 Å². The molecule has 2 N–H and O–H groups in total. The number of aryl methyl sites for hydroxylation is 1. The van der Waals surface area contributed by atoms with Gasteiger partial charge in [0.1, 0.15) is 0 Å². The first-order valence-electron chi connectivity index (χ1n) is 7.87. The predicted octanol–water partition coefficient (Wildman–Crippen LogP) is 1.94. The lowest BCUT2D eigenvalue weighted by atomic mass is 9.93. The van der Waals surface area contributed by atoms with E-state index in [1.165, 1.54) is 12.3 Å². The topological polar surface area (TPSA) is 71.8 Å². The zero-order valence-corrected chi connectivity index (χ0v) is 13.5. The number of alkyl halides is 3. The van der Waals surface area contributed by atoms with Crippen molar-refractivity contribution in [2.75, 3.05) is 0 Å². The highest BCUT2D eigenvalue weighted by Crippen LogP contribution is 2.31. The van der Waals surface area contributed by atoms with Crippen LogP contribution in [-0.4, -0.2) is 26.7 Å². The number of amides is 1. The van der Waals surface area contributed by atoms with Crippen molar-refractivity contribution in [3.63, 3.8) is 0 Å². The summed E-state index contributed by atoms with van der Waals surface area (Å²) in [4.78, 5) is 15.6. The van der Waals surface area contributed by atoms with E-state index in [-0.39, 0.29) is 30.2 Å². The molecule has 1 aliphatic rings. The van der Waals surface area contributed by atoms with Crippen LogP contribution in [0.2, 0.25) is 0 Å². The van der Waals surface area contributed by atoms with Gasteiger partial charge in [-0.15, -0.1) is 0 Å². The Morgan fingerprint density at radius 2 is 2.24 bits per heavy atom. The smallest absolute Gasteiger partial charge is 0.348 e. The van der Waals surface area contributed by atoms with Gasteiger partial charge in [-0.25, -0.2) is 0 Å². The van der Waals surface area contributed by atoms with Crippen LogP contribution in [0.4, 0.5) is 13.2 Å². The highest BCUT2D eigenvalue weighted by Gasteiger charge is 2.35. The van der Waals surface area contributed by atoms with E-state index in [4.69, 9.17) is 0 Å². The minimum atomic E-state index is -4.45. The van der Waals surface area contributed by atoms with Crippen molar-refractivity contribution in [2.45, 2.75) is 37.6 Å². The summed E-state index contributed by atoms with van der Waals surface area (Å²) in [7, 11) is 1.76. The second-order valence-corrected chi connectivity index (χ2v) is 6.01. The third-order valence-corrected chi connectivity index (χ3v) is 4.21. The third kappa shape index (κ3) is 3.98. The Morgan fingerprint density at radius 1 is 1.44 bits per heavy atom. The predicted molar refractivity (Wildman–Crippen MR) is 83.2 cm³/mol. The number of pyridine rings is 1. The molecule has 25 heavy (non-hydrogen) atoms.